The Morgan fingerprint density at radius 1 is 0.150 bits per heavy atom. The van der Waals surface area contributed by atoms with Gasteiger partial charge in [0.1, 0.15) is 46.0 Å². The normalized spacial score (nSPS) is 21.0. The first-order valence-corrected chi connectivity index (χ1v) is 65.1. The molecule has 4 aliphatic carbocycles. The Hall–Kier alpha value is -3.80. The van der Waals surface area contributed by atoms with Gasteiger partial charge in [-0.2, -0.15) is 0 Å². The van der Waals surface area contributed by atoms with E-state index in [1.54, 1.807) is 0 Å². The van der Waals surface area contributed by atoms with E-state index in [1.165, 1.54) is 261 Å². The number of thioether (sulfide) groups is 16. The maximum atomic E-state index is 7.09. The topological polar surface area (TPSA) is 73.8 Å². The molecule has 34 aliphatic heterocycles. The average molecular weight is 2170 g/mol. The van der Waals surface area contributed by atoms with Crippen LogP contribution in [0, 0.1) is 111 Å². The highest BCUT2D eigenvalue weighted by molar-refractivity contribution is 8.46. The largest absolute Gasteiger partial charge is 0.492 e. The molecule has 46 rings (SSSR count). The lowest BCUT2D eigenvalue weighted by molar-refractivity contribution is 0.330. The molecule has 0 N–H and O–H groups in total. The summed E-state index contributed by atoms with van der Waals surface area (Å²) in [5.41, 5.74) is 30.2. The quantitative estimate of drug-likeness (QED) is 0.144. The van der Waals surface area contributed by atoms with Gasteiger partial charge in [-0.15, -0.1) is 94.1 Å². The lowest BCUT2D eigenvalue weighted by atomic mass is 9.64. The molecule has 4 spiro atoms. The Morgan fingerprint density at radius 3 is 0.364 bits per heavy atom. The van der Waals surface area contributed by atoms with Gasteiger partial charge in [0.15, 0.2) is 0 Å². The standard InChI is InChI=1S/C116H136O8S16/c1-69-53-85-54-70(2)93(69)117-37-45-125-101-102-126-46-39-119-95-73(5)57-87(58-74(95)6)114(31-23-18-24-32-114)88-63-79(11)99(80(12)64-88)123-43-51-131-107-108-132-52-44-124-100-83(15)67-92(68-84(100)16)116(35-27-20-28-36-116)90-61-77(9)97(78(10)62-90)121-41-49-129-104-103(135-110(136-104)109(133-101)134-102)128-48-40-120-96-75(7)59-89(60-76(96)8)115(33-25-19-26-34-115)91-65-81(13)98(82(14)66-91)122-42-50-130-106-105(137-111(138-106)112(139-107)140-108)127-47-38-118-94-71(3)55-86(56-72(94)4)113(85)29-21-17-22-30-113/h53-68H,17-52H2,1-16H3. The first kappa shape index (κ1) is 105. The highest BCUT2D eigenvalue weighted by Gasteiger charge is 2.44. The number of hydrogen-bond acceptors (Lipinski definition) is 24. The van der Waals surface area contributed by atoms with E-state index in [0.717, 1.165) is 143 Å². The number of aryl methyl sites for hydroxylation is 16. The van der Waals surface area contributed by atoms with E-state index in [9.17, 15) is 0 Å². The Kier molecular flexibility index (Phi) is 35.0. The minimum absolute atomic E-state index is 0.117. The Labute approximate surface area is 903 Å². The van der Waals surface area contributed by atoms with Gasteiger partial charge in [-0.1, -0.05) is 268 Å². The summed E-state index contributed by atoms with van der Waals surface area (Å²) in [5.74, 6) is 14.6. The number of rotatable bonds is 0. The minimum atomic E-state index is -0.117. The second kappa shape index (κ2) is 46.8. The summed E-state index contributed by atoms with van der Waals surface area (Å²) >= 11 is 31.4. The summed E-state index contributed by atoms with van der Waals surface area (Å²) in [6.07, 6.45) is 23.6. The van der Waals surface area contributed by atoms with Crippen molar-refractivity contribution < 1.29 is 37.9 Å². The average Bonchev–Trinajstić information content (AvgIpc) is 0.781. The SMILES string of the molecule is Cc1cc2cc(C)c1OCCSC1=C3SCCOc4c(C)cc(cc4C)C4(CCCCC4)c4cc(C)c(c(C)c4)OCCSC4=C5SCCOc6c(C)cc(cc6C)C6(CCCCC6)c6cc(C)c(c(C)c6)OCCSC6=C(SCCOc7c(C)cc(cc7C)C7(CCCCC7)c7cc(C)c(c(C)c7)OCCSC7=C(SCCOc8c(C)cc(cc8C)C28CCCCC8)SC(=C(S4)S5)S7)SC(=C(S1)S3)S6. The second-order valence-corrected chi connectivity index (χ2v) is 60.0. The lowest BCUT2D eigenvalue weighted by Gasteiger charge is -2.40. The maximum absolute atomic E-state index is 7.09. The molecule has 24 heteroatoms. The van der Waals surface area contributed by atoms with Crippen molar-refractivity contribution >= 4 is 188 Å². The van der Waals surface area contributed by atoms with Crippen molar-refractivity contribution in [2.45, 2.75) is 261 Å². The molecule has 4 fully saturated rings. The molecule has 0 unspecified atom stereocenters. The zero-order valence-electron chi connectivity index (χ0n) is 84.5. The minimum Gasteiger partial charge on any atom is -0.492 e. The van der Waals surface area contributed by atoms with Gasteiger partial charge in [0.05, 0.1) is 104 Å². The predicted octanol–water partition coefficient (Wildman–Crippen LogP) is 36.3. The number of hydrogen-bond donors (Lipinski definition) is 0. The zero-order chi connectivity index (χ0) is 97.1. The van der Waals surface area contributed by atoms with Crippen molar-refractivity contribution in [2.24, 2.45) is 0 Å². The first-order chi connectivity index (χ1) is 67.8. The van der Waals surface area contributed by atoms with Crippen LogP contribution in [0.25, 0.3) is 0 Å². The van der Waals surface area contributed by atoms with Crippen molar-refractivity contribution in [3.8, 4) is 46.0 Å². The maximum Gasteiger partial charge on any atom is 0.125 e. The van der Waals surface area contributed by atoms with E-state index in [0.29, 0.717) is 52.9 Å². The molecule has 38 aliphatic rings. The van der Waals surface area contributed by atoms with Gasteiger partial charge in [0.2, 0.25) is 0 Å². The van der Waals surface area contributed by atoms with Crippen LogP contribution in [-0.2, 0) is 21.7 Å². The van der Waals surface area contributed by atoms with Crippen LogP contribution in [0.1, 0.15) is 262 Å². The van der Waals surface area contributed by atoms with Crippen LogP contribution in [0.5, 0.6) is 46.0 Å². The van der Waals surface area contributed by atoms with Crippen molar-refractivity contribution in [3.63, 3.8) is 0 Å². The molecule has 0 aromatic heterocycles. The van der Waals surface area contributed by atoms with E-state index in [2.05, 4.69) is 208 Å². The zero-order valence-corrected chi connectivity index (χ0v) is 97.6. The predicted molar refractivity (Wildman–Crippen MR) is 629 cm³/mol. The smallest absolute Gasteiger partial charge is 0.125 e. The molecular formula is C116H136O8S16. The van der Waals surface area contributed by atoms with Gasteiger partial charge in [-0.3, -0.25) is 0 Å². The van der Waals surface area contributed by atoms with Crippen molar-refractivity contribution in [3.05, 3.63) is 281 Å². The third kappa shape index (κ3) is 22.7. The summed E-state index contributed by atoms with van der Waals surface area (Å²) in [5, 5.41) is 0. The highest BCUT2D eigenvalue weighted by atomic mass is 32.3. The van der Waals surface area contributed by atoms with Crippen LogP contribution in [0.15, 0.2) is 148 Å². The van der Waals surface area contributed by atoms with E-state index in [-0.39, 0.29) is 21.7 Å². The summed E-state index contributed by atoms with van der Waals surface area (Å²) in [6.45, 7) is 41.3. The number of benzene rings is 8. The Bertz CT molecular complexity index is 4970. The van der Waals surface area contributed by atoms with Crippen LogP contribution in [0.3, 0.4) is 0 Å². The molecule has 140 heavy (non-hydrogen) atoms. The van der Waals surface area contributed by atoms with Gasteiger partial charge in [-0.25, -0.2) is 0 Å². The molecule has 0 amide bonds. The molecule has 34 heterocycles. The first-order valence-electron chi connectivity index (χ1n) is 50.7. The van der Waals surface area contributed by atoms with Crippen molar-refractivity contribution in [2.75, 3.05) is 98.9 Å². The second-order valence-electron chi connectivity index (χ2n) is 39.9. The molecule has 8 aromatic carbocycles. The van der Waals surface area contributed by atoms with Gasteiger partial charge >= 0.3 is 0 Å². The van der Waals surface area contributed by atoms with Gasteiger partial charge in [0, 0.05) is 67.7 Å². The monoisotopic (exact) mass is 2170 g/mol. The summed E-state index contributed by atoms with van der Waals surface area (Å²) in [6, 6.07) is 39.7. The Balaban J connectivity index is 0.724. The molecule has 0 atom stereocenters. The van der Waals surface area contributed by atoms with E-state index >= 15 is 0 Å². The fourth-order valence-electron chi connectivity index (χ4n) is 23.6. The van der Waals surface area contributed by atoms with Crippen LogP contribution >= 0.6 is 188 Å². The molecule has 0 radical (unpaired) electrons. The molecule has 4 saturated carbocycles. The third-order valence-electron chi connectivity index (χ3n) is 29.9. The molecular weight excluding hydrogens is 2030 g/mol. The summed E-state index contributed by atoms with van der Waals surface area (Å²) < 4.78 is 72.9. The van der Waals surface area contributed by atoms with E-state index in [1.807, 2.05) is 188 Å². The van der Waals surface area contributed by atoms with Gasteiger partial charge < -0.3 is 37.9 Å². The van der Waals surface area contributed by atoms with Crippen LogP contribution in [0.2, 0.25) is 0 Å². The fraction of sp³-hybridized carbons (Fsp3) is 0.483. The van der Waals surface area contributed by atoms with E-state index in [4.69, 9.17) is 37.9 Å². The summed E-state index contributed by atoms with van der Waals surface area (Å²) in [4.78, 5) is 0. The fourth-order valence-corrected chi connectivity index (χ4v) is 46.7. The van der Waals surface area contributed by atoms with Crippen molar-refractivity contribution in [1.82, 2.24) is 0 Å². The molecule has 28 bridgehead atoms. The van der Waals surface area contributed by atoms with Crippen LogP contribution < -0.4 is 37.9 Å². The van der Waals surface area contributed by atoms with Crippen LogP contribution in [-0.4, -0.2) is 98.9 Å². The van der Waals surface area contributed by atoms with E-state index < -0.39 is 0 Å². The molecule has 0 saturated heterocycles. The Morgan fingerprint density at radius 2 is 0.257 bits per heavy atom. The molecule has 744 valence electrons. The third-order valence-corrected chi connectivity index (χ3v) is 52.8. The molecule has 8 nitrogen and oxygen atoms in total. The van der Waals surface area contributed by atoms with Crippen molar-refractivity contribution in [1.29, 1.82) is 0 Å². The van der Waals surface area contributed by atoms with Gasteiger partial charge in [0.25, 0.3) is 0 Å². The highest BCUT2D eigenvalue weighted by Crippen LogP contribution is 2.69. The summed E-state index contributed by atoms with van der Waals surface area (Å²) in [7, 11) is 0. The van der Waals surface area contributed by atoms with Gasteiger partial charge in [-0.05, 0) is 296 Å². The number of ether oxygens (including phenoxy) is 8. The molecule has 8 aromatic rings. The van der Waals surface area contributed by atoms with Crippen LogP contribution in [0.4, 0.5) is 0 Å². The lowest BCUT2D eigenvalue weighted by Crippen LogP contribution is -2.31.